The summed E-state index contributed by atoms with van der Waals surface area (Å²) < 4.78 is 13.2. The second-order valence-corrected chi connectivity index (χ2v) is 6.79. The van der Waals surface area contributed by atoms with Crippen molar-refractivity contribution < 1.29 is 4.21 Å². The molecule has 0 saturated heterocycles. The zero-order valence-electron chi connectivity index (χ0n) is 10.9. The first kappa shape index (κ1) is 15.9. The van der Waals surface area contributed by atoms with Gasteiger partial charge in [-0.05, 0) is 42.7 Å². The van der Waals surface area contributed by atoms with Crippen molar-refractivity contribution in [3.8, 4) is 0 Å². The fourth-order valence-electron chi connectivity index (χ4n) is 1.62. The van der Waals surface area contributed by atoms with E-state index >= 15 is 0 Å². The third-order valence-electron chi connectivity index (χ3n) is 2.73. The minimum absolute atomic E-state index is 0.891. The van der Waals surface area contributed by atoms with Crippen LogP contribution >= 0.6 is 22.6 Å². The van der Waals surface area contributed by atoms with E-state index < -0.39 is 10.8 Å². The smallest absolute Gasteiger partial charge is 0.0772 e. The van der Waals surface area contributed by atoms with Gasteiger partial charge in [-0.25, -0.2) is 4.21 Å². The lowest BCUT2D eigenvalue weighted by Gasteiger charge is -1.98. The maximum Gasteiger partial charge on any atom is 0.0772 e. The quantitative estimate of drug-likeness (QED) is 0.354. The summed E-state index contributed by atoms with van der Waals surface area (Å²) in [6.45, 7) is 2.04. The van der Waals surface area contributed by atoms with Crippen LogP contribution in [0.3, 0.4) is 0 Å². The molecule has 0 saturated carbocycles. The van der Waals surface area contributed by atoms with E-state index in [4.69, 9.17) is 0 Å². The van der Waals surface area contributed by atoms with E-state index in [-0.39, 0.29) is 0 Å². The summed E-state index contributed by atoms with van der Waals surface area (Å²) in [5, 5.41) is 1.82. The first-order chi connectivity index (χ1) is 8.74. The van der Waals surface area contributed by atoms with Gasteiger partial charge < -0.3 is 0 Å². The van der Waals surface area contributed by atoms with Crippen molar-refractivity contribution >= 4 is 33.4 Å². The summed E-state index contributed by atoms with van der Waals surface area (Å²) in [4.78, 5) is 0.891. The third-order valence-corrected chi connectivity index (χ3v) is 4.67. The molecule has 0 aliphatic heterocycles. The fourth-order valence-corrected chi connectivity index (χ4v) is 3.03. The Balaban J connectivity index is 2.25. The van der Waals surface area contributed by atoms with Crippen molar-refractivity contribution in [3.63, 3.8) is 0 Å². The molecule has 1 aromatic carbocycles. The van der Waals surface area contributed by atoms with Crippen LogP contribution in [-0.4, -0.2) is 8.64 Å². The molecule has 1 atom stereocenters. The lowest BCUT2D eigenvalue weighted by atomic mass is 10.2. The second kappa shape index (κ2) is 9.73. The molecule has 0 aromatic heterocycles. The SMILES string of the molecule is Cc1ccc(S(=O)/C=C/CCCCCCI)cc1. The Morgan fingerprint density at radius 3 is 2.44 bits per heavy atom. The van der Waals surface area contributed by atoms with Gasteiger partial charge in [-0.2, -0.15) is 0 Å². The lowest BCUT2D eigenvalue weighted by molar-refractivity contribution is 0.680. The Bertz CT molecular complexity index is 384. The predicted octanol–water partition coefficient (Wildman–Crippen LogP) is 5.00. The third kappa shape index (κ3) is 6.69. The molecule has 0 fully saturated rings. The van der Waals surface area contributed by atoms with Crippen LogP contribution in [0.15, 0.2) is 40.6 Å². The molecule has 0 aliphatic carbocycles. The van der Waals surface area contributed by atoms with Gasteiger partial charge in [-0.1, -0.05) is 59.2 Å². The predicted molar refractivity (Wildman–Crippen MR) is 88.7 cm³/mol. The highest BCUT2D eigenvalue weighted by Crippen LogP contribution is 2.10. The first-order valence-electron chi connectivity index (χ1n) is 6.44. The average molecular weight is 376 g/mol. The Morgan fingerprint density at radius 2 is 1.78 bits per heavy atom. The molecule has 0 bridgehead atoms. The average Bonchev–Trinajstić information content (AvgIpc) is 2.38. The number of rotatable bonds is 8. The minimum atomic E-state index is -0.982. The zero-order chi connectivity index (χ0) is 13.2. The summed E-state index contributed by atoms with van der Waals surface area (Å²) in [5.41, 5.74) is 1.20. The number of hydrogen-bond acceptors (Lipinski definition) is 1. The summed E-state index contributed by atoms with van der Waals surface area (Å²) in [6, 6.07) is 7.89. The van der Waals surface area contributed by atoms with Crippen LogP contribution in [0.1, 0.15) is 37.7 Å². The largest absolute Gasteiger partial charge is 0.250 e. The highest BCUT2D eigenvalue weighted by molar-refractivity contribution is 14.1. The van der Waals surface area contributed by atoms with E-state index in [1.54, 1.807) is 0 Å². The van der Waals surface area contributed by atoms with Gasteiger partial charge in [0, 0.05) is 10.3 Å². The molecule has 18 heavy (non-hydrogen) atoms. The van der Waals surface area contributed by atoms with Crippen LogP contribution in [0.25, 0.3) is 0 Å². The standard InChI is InChI=1S/C15H21IOS/c1-14-8-10-15(11-9-14)18(17)13-7-5-3-2-4-6-12-16/h7-11,13H,2-6,12H2,1H3/b13-7+. The normalized spacial score (nSPS) is 13.0. The van der Waals surface area contributed by atoms with E-state index in [9.17, 15) is 4.21 Å². The lowest BCUT2D eigenvalue weighted by Crippen LogP contribution is -1.86. The van der Waals surface area contributed by atoms with Crippen LogP contribution in [0.4, 0.5) is 0 Å². The van der Waals surface area contributed by atoms with Crippen LogP contribution in [0, 0.1) is 6.92 Å². The number of hydrogen-bond donors (Lipinski definition) is 0. The summed E-state index contributed by atoms with van der Waals surface area (Å²) in [5.74, 6) is 0. The van der Waals surface area contributed by atoms with E-state index in [1.807, 2.05) is 36.6 Å². The molecule has 100 valence electrons. The molecule has 0 spiro atoms. The molecule has 1 aromatic rings. The number of benzene rings is 1. The topological polar surface area (TPSA) is 17.1 Å². The molecule has 0 N–H and O–H groups in total. The Labute approximate surface area is 127 Å². The first-order valence-corrected chi connectivity index (χ1v) is 9.18. The van der Waals surface area contributed by atoms with E-state index in [0.717, 1.165) is 11.3 Å². The number of aryl methyl sites for hydroxylation is 1. The van der Waals surface area contributed by atoms with Crippen LogP contribution in [0.5, 0.6) is 0 Å². The number of allylic oxidation sites excluding steroid dienone is 1. The van der Waals surface area contributed by atoms with E-state index in [0.29, 0.717) is 0 Å². The summed E-state index contributed by atoms with van der Waals surface area (Å²) in [7, 11) is -0.982. The van der Waals surface area contributed by atoms with Gasteiger partial charge in [0.1, 0.15) is 0 Å². The van der Waals surface area contributed by atoms with Crippen LogP contribution < -0.4 is 0 Å². The van der Waals surface area contributed by atoms with E-state index in [2.05, 4.69) is 28.7 Å². The molecule has 3 heteroatoms. The molecule has 1 rings (SSSR count). The van der Waals surface area contributed by atoms with Gasteiger partial charge in [-0.3, -0.25) is 0 Å². The van der Waals surface area contributed by atoms with Crippen molar-refractivity contribution in [2.24, 2.45) is 0 Å². The van der Waals surface area contributed by atoms with E-state index in [1.165, 1.54) is 35.7 Å². The Morgan fingerprint density at radius 1 is 1.11 bits per heavy atom. The number of unbranched alkanes of at least 4 members (excludes halogenated alkanes) is 4. The molecule has 0 aliphatic rings. The molecular formula is C15H21IOS. The summed E-state index contributed by atoms with van der Waals surface area (Å²) in [6.07, 6.45) is 8.22. The second-order valence-electron chi connectivity index (χ2n) is 4.37. The zero-order valence-corrected chi connectivity index (χ0v) is 13.9. The minimum Gasteiger partial charge on any atom is -0.250 e. The highest BCUT2D eigenvalue weighted by atomic mass is 127. The molecule has 0 radical (unpaired) electrons. The van der Waals surface area contributed by atoms with Crippen molar-refractivity contribution in [1.29, 1.82) is 0 Å². The summed E-state index contributed by atoms with van der Waals surface area (Å²) >= 11 is 2.42. The van der Waals surface area contributed by atoms with Gasteiger partial charge in [0.05, 0.1) is 10.8 Å². The highest BCUT2D eigenvalue weighted by Gasteiger charge is 1.97. The Kier molecular flexibility index (Phi) is 8.59. The van der Waals surface area contributed by atoms with Crippen molar-refractivity contribution in [2.45, 2.75) is 43.9 Å². The van der Waals surface area contributed by atoms with Crippen molar-refractivity contribution in [2.75, 3.05) is 4.43 Å². The molecule has 0 amide bonds. The van der Waals surface area contributed by atoms with Gasteiger partial charge in [-0.15, -0.1) is 0 Å². The van der Waals surface area contributed by atoms with Crippen LogP contribution in [0.2, 0.25) is 0 Å². The van der Waals surface area contributed by atoms with Crippen molar-refractivity contribution in [3.05, 3.63) is 41.3 Å². The maximum atomic E-state index is 11.9. The van der Waals surface area contributed by atoms with Gasteiger partial charge in [0.15, 0.2) is 0 Å². The van der Waals surface area contributed by atoms with Gasteiger partial charge in [0.25, 0.3) is 0 Å². The van der Waals surface area contributed by atoms with Gasteiger partial charge >= 0.3 is 0 Å². The van der Waals surface area contributed by atoms with Crippen molar-refractivity contribution in [1.82, 2.24) is 0 Å². The number of halogens is 1. The van der Waals surface area contributed by atoms with Crippen LogP contribution in [-0.2, 0) is 10.8 Å². The maximum absolute atomic E-state index is 11.9. The molecule has 0 heterocycles. The Hall–Kier alpha value is -0.160. The van der Waals surface area contributed by atoms with Gasteiger partial charge in [0.2, 0.25) is 0 Å². The monoisotopic (exact) mass is 376 g/mol. The molecular weight excluding hydrogens is 355 g/mol. The number of alkyl halides is 1. The fraction of sp³-hybridized carbons (Fsp3) is 0.467. The molecule has 1 nitrogen and oxygen atoms in total. The molecule has 1 unspecified atom stereocenters.